The Morgan fingerprint density at radius 1 is 1.42 bits per heavy atom. The number of rotatable bonds is 6. The van der Waals surface area contributed by atoms with Crippen molar-refractivity contribution in [2.75, 3.05) is 11.1 Å². The molecule has 104 valence electrons. The van der Waals surface area contributed by atoms with E-state index < -0.39 is 21.8 Å². The first-order valence-corrected chi connectivity index (χ1v) is 7.92. The molecule has 1 atom stereocenters. The van der Waals surface area contributed by atoms with Crippen molar-refractivity contribution in [3.05, 3.63) is 24.3 Å². The number of para-hydroxylation sites is 1. The number of benzene rings is 1. The summed E-state index contributed by atoms with van der Waals surface area (Å²) in [6.45, 7) is 1.57. The van der Waals surface area contributed by atoms with Gasteiger partial charge in [0.2, 0.25) is 0 Å². The predicted octanol–water partition coefficient (Wildman–Crippen LogP) is 1.76. The van der Waals surface area contributed by atoms with Crippen molar-refractivity contribution in [3.63, 3.8) is 0 Å². The summed E-state index contributed by atoms with van der Waals surface area (Å²) >= 11 is 0. The number of nitrogens with one attached hydrogen (secondary N) is 1. The molecule has 1 saturated carbocycles. The zero-order valence-corrected chi connectivity index (χ0v) is 11.5. The molecule has 1 unspecified atom stereocenters. The molecule has 19 heavy (non-hydrogen) atoms. The van der Waals surface area contributed by atoms with E-state index in [-0.39, 0.29) is 16.6 Å². The van der Waals surface area contributed by atoms with E-state index in [1.807, 2.05) is 0 Å². The number of hydrogen-bond donors (Lipinski definition) is 2. The van der Waals surface area contributed by atoms with Gasteiger partial charge in [0.1, 0.15) is 6.04 Å². The second kappa shape index (κ2) is 5.21. The third-order valence-corrected chi connectivity index (χ3v) is 5.06. The summed E-state index contributed by atoms with van der Waals surface area (Å²) in [5, 5.41) is 12.1. The Hall–Kier alpha value is -1.56. The third-order valence-electron chi connectivity index (χ3n) is 3.27. The van der Waals surface area contributed by atoms with E-state index in [4.69, 9.17) is 0 Å². The number of carboxylic acids is 1. The Balaban J connectivity index is 2.32. The van der Waals surface area contributed by atoms with Crippen LogP contribution in [0.3, 0.4) is 0 Å². The van der Waals surface area contributed by atoms with Crippen LogP contribution in [0.15, 0.2) is 29.2 Å². The molecule has 0 radical (unpaired) electrons. The fraction of sp³-hybridized carbons (Fsp3) is 0.462. The highest BCUT2D eigenvalue weighted by molar-refractivity contribution is 7.91. The van der Waals surface area contributed by atoms with Crippen LogP contribution in [0, 0.1) is 5.92 Å². The van der Waals surface area contributed by atoms with Crippen LogP contribution in [0.1, 0.15) is 19.8 Å². The highest BCUT2D eigenvalue weighted by atomic mass is 32.2. The summed E-state index contributed by atoms with van der Waals surface area (Å²) in [7, 11) is -3.36. The number of hydrogen-bond acceptors (Lipinski definition) is 4. The maximum atomic E-state index is 12.0. The number of carboxylic acid groups (broad SMARTS) is 1. The molecule has 0 bridgehead atoms. The van der Waals surface area contributed by atoms with E-state index in [1.165, 1.54) is 6.07 Å². The average Bonchev–Trinajstić information content (AvgIpc) is 3.20. The maximum Gasteiger partial charge on any atom is 0.326 e. The van der Waals surface area contributed by atoms with Crippen molar-refractivity contribution in [1.82, 2.24) is 0 Å². The van der Waals surface area contributed by atoms with E-state index in [0.717, 1.165) is 12.8 Å². The fourth-order valence-corrected chi connectivity index (χ4v) is 3.05. The normalized spacial score (nSPS) is 16.9. The monoisotopic (exact) mass is 283 g/mol. The molecule has 0 amide bonds. The molecule has 5 nitrogen and oxygen atoms in total. The van der Waals surface area contributed by atoms with Gasteiger partial charge >= 0.3 is 5.97 Å². The molecule has 2 N–H and O–H groups in total. The van der Waals surface area contributed by atoms with Crippen LogP contribution in [-0.2, 0) is 14.6 Å². The Labute approximate surface area is 112 Å². The summed E-state index contributed by atoms with van der Waals surface area (Å²) in [5.74, 6) is -0.853. The third kappa shape index (κ3) is 3.07. The van der Waals surface area contributed by atoms with Gasteiger partial charge in [0.25, 0.3) is 0 Å². The van der Waals surface area contributed by atoms with Crippen molar-refractivity contribution >= 4 is 21.5 Å². The molecular formula is C13H17NO4S. The molecule has 0 saturated heterocycles. The van der Waals surface area contributed by atoms with Crippen molar-refractivity contribution in [1.29, 1.82) is 0 Å². The van der Waals surface area contributed by atoms with Crippen LogP contribution in [0.4, 0.5) is 5.69 Å². The summed E-state index contributed by atoms with van der Waals surface area (Å²) in [4.78, 5) is 11.4. The lowest BCUT2D eigenvalue weighted by Gasteiger charge is -2.17. The van der Waals surface area contributed by atoms with Crippen LogP contribution in [-0.4, -0.2) is 31.3 Å². The smallest absolute Gasteiger partial charge is 0.326 e. The van der Waals surface area contributed by atoms with Gasteiger partial charge < -0.3 is 10.4 Å². The Bertz CT molecular complexity index is 578. The van der Waals surface area contributed by atoms with Gasteiger partial charge in [-0.3, -0.25) is 0 Å². The SMILES string of the molecule is CCS(=O)(=O)c1ccccc1NC(C(=O)O)C1CC1. The van der Waals surface area contributed by atoms with E-state index in [1.54, 1.807) is 25.1 Å². The van der Waals surface area contributed by atoms with Crippen molar-refractivity contribution in [3.8, 4) is 0 Å². The minimum Gasteiger partial charge on any atom is -0.480 e. The van der Waals surface area contributed by atoms with Gasteiger partial charge in [0, 0.05) is 0 Å². The minimum atomic E-state index is -3.36. The first-order chi connectivity index (χ1) is 8.95. The molecule has 1 aromatic carbocycles. The number of anilines is 1. The summed E-state index contributed by atoms with van der Waals surface area (Å²) in [6.07, 6.45) is 1.74. The van der Waals surface area contributed by atoms with E-state index in [9.17, 15) is 18.3 Å². The zero-order valence-electron chi connectivity index (χ0n) is 10.7. The lowest BCUT2D eigenvalue weighted by atomic mass is 10.1. The van der Waals surface area contributed by atoms with Gasteiger partial charge in [-0.05, 0) is 30.9 Å². The molecule has 6 heteroatoms. The lowest BCUT2D eigenvalue weighted by Crippen LogP contribution is -2.32. The molecule has 1 aromatic rings. The largest absolute Gasteiger partial charge is 0.480 e. The predicted molar refractivity (Wildman–Crippen MR) is 71.9 cm³/mol. The summed E-state index contributed by atoms with van der Waals surface area (Å²) in [5.41, 5.74) is 0.378. The van der Waals surface area contributed by atoms with Crippen molar-refractivity contribution in [2.24, 2.45) is 5.92 Å². The molecule has 2 rings (SSSR count). The maximum absolute atomic E-state index is 12.0. The van der Waals surface area contributed by atoms with Crippen LogP contribution in [0.2, 0.25) is 0 Å². The molecule has 0 aliphatic heterocycles. The molecule has 0 aromatic heterocycles. The average molecular weight is 283 g/mol. The molecule has 1 aliphatic rings. The van der Waals surface area contributed by atoms with Gasteiger partial charge in [0.05, 0.1) is 16.3 Å². The fourth-order valence-electron chi connectivity index (χ4n) is 1.99. The first-order valence-electron chi connectivity index (χ1n) is 6.27. The first kappa shape index (κ1) is 13.9. The van der Waals surface area contributed by atoms with Gasteiger partial charge in [-0.1, -0.05) is 19.1 Å². The minimum absolute atomic E-state index is 0.00708. The van der Waals surface area contributed by atoms with Crippen molar-refractivity contribution in [2.45, 2.75) is 30.7 Å². The van der Waals surface area contributed by atoms with Crippen molar-refractivity contribution < 1.29 is 18.3 Å². The Morgan fingerprint density at radius 2 is 2.05 bits per heavy atom. The topological polar surface area (TPSA) is 83.5 Å². The number of aliphatic carboxylic acids is 1. The molecule has 0 spiro atoms. The number of carbonyl (C=O) groups is 1. The standard InChI is InChI=1S/C13H17NO4S/c1-2-19(17,18)11-6-4-3-5-10(11)14-12(13(15)16)9-7-8-9/h3-6,9,12,14H,2,7-8H2,1H3,(H,15,16). The van der Waals surface area contributed by atoms with Crippen LogP contribution >= 0.6 is 0 Å². The number of sulfone groups is 1. The highest BCUT2D eigenvalue weighted by Crippen LogP contribution is 2.35. The van der Waals surface area contributed by atoms with Gasteiger partial charge in [-0.25, -0.2) is 13.2 Å². The van der Waals surface area contributed by atoms with Crippen LogP contribution in [0.25, 0.3) is 0 Å². The molecular weight excluding hydrogens is 266 g/mol. The highest BCUT2D eigenvalue weighted by Gasteiger charge is 2.36. The second-order valence-corrected chi connectivity index (χ2v) is 6.94. The summed E-state index contributed by atoms with van der Waals surface area (Å²) < 4.78 is 23.9. The quantitative estimate of drug-likeness (QED) is 0.831. The lowest BCUT2D eigenvalue weighted by molar-refractivity contribution is -0.138. The molecule has 1 aliphatic carbocycles. The van der Waals surface area contributed by atoms with Gasteiger partial charge in [0.15, 0.2) is 9.84 Å². The van der Waals surface area contributed by atoms with E-state index in [0.29, 0.717) is 5.69 Å². The van der Waals surface area contributed by atoms with E-state index in [2.05, 4.69) is 5.32 Å². The Morgan fingerprint density at radius 3 is 2.58 bits per heavy atom. The molecule has 1 fully saturated rings. The van der Waals surface area contributed by atoms with Crippen LogP contribution in [0.5, 0.6) is 0 Å². The second-order valence-electron chi connectivity index (χ2n) is 4.70. The van der Waals surface area contributed by atoms with E-state index >= 15 is 0 Å². The zero-order chi connectivity index (χ0) is 14.0. The van der Waals surface area contributed by atoms with Crippen LogP contribution < -0.4 is 5.32 Å². The summed E-state index contributed by atoms with van der Waals surface area (Å²) in [6, 6.07) is 5.74. The van der Waals surface area contributed by atoms with Gasteiger partial charge in [-0.2, -0.15) is 0 Å². The molecule has 0 heterocycles. The Kier molecular flexibility index (Phi) is 3.80. The van der Waals surface area contributed by atoms with Gasteiger partial charge in [-0.15, -0.1) is 0 Å².